The number of benzene rings is 3. The summed E-state index contributed by atoms with van der Waals surface area (Å²) in [5.74, 6) is 1.96. The van der Waals surface area contributed by atoms with Gasteiger partial charge in [-0.25, -0.2) is 9.40 Å². The Morgan fingerprint density at radius 2 is 1.90 bits per heavy atom. The molecule has 0 spiro atoms. The maximum Gasteiger partial charge on any atom is 0.214 e. The van der Waals surface area contributed by atoms with Gasteiger partial charge in [0.1, 0.15) is 11.6 Å². The van der Waals surface area contributed by atoms with Gasteiger partial charge in [-0.3, -0.25) is 0 Å². The van der Waals surface area contributed by atoms with Gasteiger partial charge in [0.25, 0.3) is 0 Å². The zero-order valence-corrected chi connectivity index (χ0v) is 17.4. The highest BCUT2D eigenvalue weighted by molar-refractivity contribution is 6.02. The van der Waals surface area contributed by atoms with E-state index in [1.54, 1.807) is 19.2 Å². The zero-order chi connectivity index (χ0) is 21.4. The molecule has 0 unspecified atom stereocenters. The Bertz CT molecular complexity index is 1130. The number of fused-ring (bicyclic) bond motifs is 3. The lowest BCUT2D eigenvalue weighted by molar-refractivity contribution is -0.0213. The van der Waals surface area contributed by atoms with Gasteiger partial charge in [0.2, 0.25) is 6.23 Å². The van der Waals surface area contributed by atoms with E-state index >= 15 is 0 Å². The van der Waals surface area contributed by atoms with Crippen LogP contribution in [0.2, 0.25) is 0 Å². The lowest BCUT2D eigenvalue weighted by Gasteiger charge is -2.38. The van der Waals surface area contributed by atoms with Crippen molar-refractivity contribution in [3.05, 3.63) is 89.2 Å². The van der Waals surface area contributed by atoms with Crippen LogP contribution in [0.3, 0.4) is 0 Å². The Hall–Kier alpha value is -3.54. The third kappa shape index (κ3) is 3.48. The first-order chi connectivity index (χ1) is 15.2. The van der Waals surface area contributed by atoms with E-state index in [9.17, 15) is 4.39 Å². The van der Waals surface area contributed by atoms with Crippen molar-refractivity contribution in [1.82, 2.24) is 5.01 Å². The van der Waals surface area contributed by atoms with Gasteiger partial charge < -0.3 is 14.2 Å². The maximum atomic E-state index is 13.4. The summed E-state index contributed by atoms with van der Waals surface area (Å²) < 4.78 is 31.2. The predicted octanol–water partition coefficient (Wildman–Crippen LogP) is 5.48. The molecule has 6 heteroatoms. The van der Waals surface area contributed by atoms with Crippen LogP contribution in [0.4, 0.5) is 4.39 Å². The van der Waals surface area contributed by atoms with E-state index in [0.29, 0.717) is 13.0 Å². The molecule has 2 aliphatic heterocycles. The molecule has 5 nitrogen and oxygen atoms in total. The first-order valence-corrected chi connectivity index (χ1v) is 10.4. The topological polar surface area (TPSA) is 43.3 Å². The van der Waals surface area contributed by atoms with Gasteiger partial charge >= 0.3 is 0 Å². The van der Waals surface area contributed by atoms with Gasteiger partial charge in [-0.1, -0.05) is 36.4 Å². The molecule has 5 rings (SSSR count). The third-order valence-electron chi connectivity index (χ3n) is 5.64. The molecule has 0 aromatic heterocycles. The SMILES string of the molecule is CCOc1cccc2c1O[C@@H](c1cccc(OC)c1)N1N=C(c3ccc(F)cc3)C[C@@H]21. The molecule has 31 heavy (non-hydrogen) atoms. The van der Waals surface area contributed by atoms with Gasteiger partial charge in [-0.15, -0.1) is 0 Å². The Labute approximate surface area is 180 Å². The highest BCUT2D eigenvalue weighted by Crippen LogP contribution is 2.50. The second-order valence-corrected chi connectivity index (χ2v) is 7.51. The van der Waals surface area contributed by atoms with Crippen LogP contribution in [0.25, 0.3) is 0 Å². The van der Waals surface area contributed by atoms with E-state index < -0.39 is 6.23 Å². The zero-order valence-electron chi connectivity index (χ0n) is 17.4. The summed E-state index contributed by atoms with van der Waals surface area (Å²) in [6.45, 7) is 2.51. The second kappa shape index (κ2) is 7.95. The van der Waals surface area contributed by atoms with Crippen molar-refractivity contribution in [3.63, 3.8) is 0 Å². The minimum atomic E-state index is -0.438. The molecule has 3 aromatic rings. The fourth-order valence-corrected chi connectivity index (χ4v) is 4.18. The van der Waals surface area contributed by atoms with E-state index in [1.165, 1.54) is 12.1 Å². The largest absolute Gasteiger partial charge is 0.497 e. The maximum absolute atomic E-state index is 13.4. The van der Waals surface area contributed by atoms with Crippen LogP contribution < -0.4 is 14.2 Å². The molecule has 2 atom stereocenters. The molecule has 0 N–H and O–H groups in total. The highest BCUT2D eigenvalue weighted by Gasteiger charge is 2.42. The molecule has 2 heterocycles. The van der Waals surface area contributed by atoms with Crippen LogP contribution >= 0.6 is 0 Å². The molecule has 0 bridgehead atoms. The van der Waals surface area contributed by atoms with Crippen molar-refractivity contribution in [2.24, 2.45) is 5.10 Å². The highest BCUT2D eigenvalue weighted by atomic mass is 19.1. The molecule has 0 aliphatic carbocycles. The van der Waals surface area contributed by atoms with Crippen molar-refractivity contribution in [2.45, 2.75) is 25.6 Å². The van der Waals surface area contributed by atoms with Crippen LogP contribution in [-0.2, 0) is 0 Å². The van der Waals surface area contributed by atoms with Gasteiger partial charge in [-0.2, -0.15) is 5.10 Å². The second-order valence-electron chi connectivity index (χ2n) is 7.51. The standard InChI is InChI=1S/C25H23FN2O3/c1-3-30-23-9-5-8-20-22-15-21(16-10-12-18(26)13-11-16)27-28(22)25(31-24(20)23)17-6-4-7-19(14-17)29-2/h4-14,22,25H,3,15H2,1-2H3/t22-,25-/m0/s1. The van der Waals surface area contributed by atoms with Crippen molar-refractivity contribution >= 4 is 5.71 Å². The molecule has 0 amide bonds. The average molecular weight is 418 g/mol. The molecule has 0 saturated carbocycles. The van der Waals surface area contributed by atoms with Crippen LogP contribution in [0.15, 0.2) is 71.8 Å². The number of hydrogen-bond donors (Lipinski definition) is 0. The minimum Gasteiger partial charge on any atom is -0.497 e. The summed E-state index contributed by atoms with van der Waals surface area (Å²) >= 11 is 0. The summed E-state index contributed by atoms with van der Waals surface area (Å²) in [5.41, 5.74) is 3.77. The van der Waals surface area contributed by atoms with Crippen LogP contribution in [0.1, 0.15) is 42.3 Å². The number of ether oxygens (including phenoxy) is 3. The Morgan fingerprint density at radius 1 is 1.10 bits per heavy atom. The number of rotatable bonds is 5. The van der Waals surface area contributed by atoms with E-state index in [0.717, 1.165) is 39.7 Å². The van der Waals surface area contributed by atoms with Crippen LogP contribution in [0, 0.1) is 5.82 Å². The molecule has 0 fully saturated rings. The first kappa shape index (κ1) is 19.4. The van der Waals surface area contributed by atoms with E-state index in [2.05, 4.69) is 6.07 Å². The molecule has 2 aliphatic rings. The third-order valence-corrected chi connectivity index (χ3v) is 5.64. The monoisotopic (exact) mass is 418 g/mol. The van der Waals surface area contributed by atoms with E-state index in [-0.39, 0.29) is 11.9 Å². The minimum absolute atomic E-state index is 0.0135. The Balaban J connectivity index is 1.61. The number of halogens is 1. The smallest absolute Gasteiger partial charge is 0.214 e. The fourth-order valence-electron chi connectivity index (χ4n) is 4.18. The molecule has 0 saturated heterocycles. The molecular formula is C25H23FN2O3. The Morgan fingerprint density at radius 3 is 2.68 bits per heavy atom. The number of nitrogens with zero attached hydrogens (tertiary/aromatic N) is 2. The van der Waals surface area contributed by atoms with E-state index in [1.807, 2.05) is 48.3 Å². The van der Waals surface area contributed by atoms with Gasteiger partial charge in [0.15, 0.2) is 11.5 Å². The number of para-hydroxylation sites is 1. The van der Waals surface area contributed by atoms with Crippen LogP contribution in [0.5, 0.6) is 17.2 Å². The summed E-state index contributed by atoms with van der Waals surface area (Å²) in [7, 11) is 1.65. The number of methoxy groups -OCH3 is 1. The Kier molecular flexibility index (Phi) is 4.98. The van der Waals surface area contributed by atoms with Gasteiger partial charge in [0, 0.05) is 17.5 Å². The molecule has 3 aromatic carbocycles. The first-order valence-electron chi connectivity index (χ1n) is 10.4. The summed E-state index contributed by atoms with van der Waals surface area (Å²) in [5, 5.41) is 6.91. The molecule has 0 radical (unpaired) electrons. The predicted molar refractivity (Wildman–Crippen MR) is 116 cm³/mol. The lowest BCUT2D eigenvalue weighted by atomic mass is 9.95. The summed E-state index contributed by atoms with van der Waals surface area (Å²) in [6, 6.07) is 20.2. The van der Waals surface area contributed by atoms with E-state index in [4.69, 9.17) is 19.3 Å². The van der Waals surface area contributed by atoms with Crippen molar-refractivity contribution in [3.8, 4) is 17.2 Å². The quantitative estimate of drug-likeness (QED) is 0.551. The van der Waals surface area contributed by atoms with Crippen molar-refractivity contribution < 1.29 is 18.6 Å². The molecular weight excluding hydrogens is 395 g/mol. The summed E-state index contributed by atoms with van der Waals surface area (Å²) in [4.78, 5) is 0. The molecule has 158 valence electrons. The number of hydrazone groups is 1. The lowest BCUT2D eigenvalue weighted by Crippen LogP contribution is -2.34. The van der Waals surface area contributed by atoms with Crippen molar-refractivity contribution in [1.29, 1.82) is 0 Å². The van der Waals surface area contributed by atoms with Gasteiger partial charge in [-0.05, 0) is 42.8 Å². The number of hydrogen-bond acceptors (Lipinski definition) is 5. The average Bonchev–Trinajstić information content (AvgIpc) is 3.25. The fraction of sp³-hybridized carbons (Fsp3) is 0.240. The normalized spacial score (nSPS) is 19.2. The van der Waals surface area contributed by atoms with Gasteiger partial charge in [0.05, 0.1) is 25.5 Å². The summed E-state index contributed by atoms with van der Waals surface area (Å²) in [6.07, 6.45) is 0.255. The van der Waals surface area contributed by atoms with Crippen molar-refractivity contribution in [2.75, 3.05) is 13.7 Å². The van der Waals surface area contributed by atoms with Crippen LogP contribution in [-0.4, -0.2) is 24.4 Å².